The Morgan fingerprint density at radius 1 is 0.737 bits per heavy atom. The molecule has 1 aromatic rings. The van der Waals surface area contributed by atoms with E-state index in [1.165, 1.54) is 0 Å². The van der Waals surface area contributed by atoms with E-state index in [4.69, 9.17) is 21.7 Å². The molecule has 3 amide bonds. The number of aliphatic carboxylic acids is 3. The highest BCUT2D eigenvalue weighted by atomic mass is 16.4. The highest BCUT2D eigenvalue weighted by Gasteiger charge is 2.31. The van der Waals surface area contributed by atoms with E-state index in [0.717, 1.165) is 0 Å². The predicted molar refractivity (Wildman–Crippen MR) is 134 cm³/mol. The number of hydrogen-bond donors (Lipinski definition) is 8. The molecule has 1 rings (SSSR count). The Hall–Kier alpha value is -4.04. The number of amides is 3. The number of carboxylic acid groups (broad SMARTS) is 3. The molecule has 0 aliphatic carbocycles. The van der Waals surface area contributed by atoms with E-state index in [0.29, 0.717) is 24.9 Å². The molecule has 0 radical (unpaired) electrons. The Morgan fingerprint density at radius 3 is 1.87 bits per heavy atom. The molecule has 0 spiro atoms. The first-order valence-electron chi connectivity index (χ1n) is 12.0. The second-order valence-corrected chi connectivity index (χ2v) is 8.63. The summed E-state index contributed by atoms with van der Waals surface area (Å²) >= 11 is 0. The number of carbonyl (C=O) groups excluding carboxylic acids is 3. The molecule has 0 saturated heterocycles. The van der Waals surface area contributed by atoms with Crippen LogP contribution in [-0.4, -0.2) is 81.7 Å². The van der Waals surface area contributed by atoms with E-state index in [9.17, 15) is 33.9 Å². The van der Waals surface area contributed by atoms with Crippen molar-refractivity contribution < 1.29 is 44.1 Å². The first kappa shape index (κ1) is 32.0. The fourth-order valence-corrected chi connectivity index (χ4v) is 3.45. The van der Waals surface area contributed by atoms with Crippen LogP contribution in [0, 0.1) is 0 Å². The zero-order chi connectivity index (χ0) is 28.7. The molecule has 0 saturated carbocycles. The van der Waals surface area contributed by atoms with Crippen LogP contribution < -0.4 is 27.4 Å². The van der Waals surface area contributed by atoms with Gasteiger partial charge in [-0.3, -0.25) is 24.0 Å². The molecule has 0 heterocycles. The molecule has 210 valence electrons. The number of carbonyl (C=O) groups is 6. The third kappa shape index (κ3) is 12.3. The summed E-state index contributed by atoms with van der Waals surface area (Å²) in [4.78, 5) is 72.1. The zero-order valence-corrected chi connectivity index (χ0v) is 20.8. The molecule has 10 N–H and O–H groups in total. The SMILES string of the molecule is NCCCCC(NC(=O)C(Cc1ccccc1)NC(=O)C(CCC(=O)O)NC(=O)C(N)CC(=O)O)C(=O)O. The van der Waals surface area contributed by atoms with E-state index >= 15 is 0 Å². The molecular weight excluding hydrogens is 502 g/mol. The van der Waals surface area contributed by atoms with E-state index < -0.39 is 72.6 Å². The van der Waals surface area contributed by atoms with Gasteiger partial charge in [-0.15, -0.1) is 0 Å². The predicted octanol–water partition coefficient (Wildman–Crippen LogP) is -1.44. The lowest BCUT2D eigenvalue weighted by Gasteiger charge is -2.25. The lowest BCUT2D eigenvalue weighted by Crippen LogP contribution is -2.57. The summed E-state index contributed by atoms with van der Waals surface area (Å²) < 4.78 is 0. The number of nitrogens with two attached hydrogens (primary N) is 2. The number of hydrogen-bond acceptors (Lipinski definition) is 8. The first-order valence-corrected chi connectivity index (χ1v) is 12.0. The van der Waals surface area contributed by atoms with Crippen molar-refractivity contribution >= 4 is 35.6 Å². The fraction of sp³-hybridized carbons (Fsp3) is 0.500. The number of rotatable bonds is 18. The van der Waals surface area contributed by atoms with Gasteiger partial charge < -0.3 is 42.7 Å². The number of unbranched alkanes of at least 4 members (excludes halogenated alkanes) is 1. The summed E-state index contributed by atoms with van der Waals surface area (Å²) in [6, 6.07) is 3.07. The van der Waals surface area contributed by atoms with Crippen molar-refractivity contribution in [2.45, 2.75) is 69.1 Å². The van der Waals surface area contributed by atoms with Crippen molar-refractivity contribution in [3.63, 3.8) is 0 Å². The molecule has 14 nitrogen and oxygen atoms in total. The molecule has 38 heavy (non-hydrogen) atoms. The Balaban J connectivity index is 3.12. The van der Waals surface area contributed by atoms with Crippen LogP contribution in [0.1, 0.15) is 44.1 Å². The highest BCUT2D eigenvalue weighted by molar-refractivity contribution is 5.95. The molecule has 0 fully saturated rings. The maximum Gasteiger partial charge on any atom is 0.326 e. The van der Waals surface area contributed by atoms with Gasteiger partial charge in [0.2, 0.25) is 17.7 Å². The molecule has 4 atom stereocenters. The number of nitrogens with one attached hydrogen (secondary N) is 3. The van der Waals surface area contributed by atoms with Crippen molar-refractivity contribution in [3.8, 4) is 0 Å². The molecule has 0 aromatic heterocycles. The van der Waals surface area contributed by atoms with Crippen LogP contribution in [0.25, 0.3) is 0 Å². The summed E-state index contributed by atoms with van der Waals surface area (Å²) in [6.07, 6.45) is -0.538. The summed E-state index contributed by atoms with van der Waals surface area (Å²) in [7, 11) is 0. The molecule has 14 heteroatoms. The van der Waals surface area contributed by atoms with Gasteiger partial charge in [0.25, 0.3) is 0 Å². The average Bonchev–Trinajstić information content (AvgIpc) is 2.85. The van der Waals surface area contributed by atoms with Gasteiger partial charge in [0.15, 0.2) is 0 Å². The summed E-state index contributed by atoms with van der Waals surface area (Å²) in [5, 5.41) is 34.5. The molecule has 0 aliphatic rings. The van der Waals surface area contributed by atoms with Crippen LogP contribution in [0.15, 0.2) is 30.3 Å². The lowest BCUT2D eigenvalue weighted by atomic mass is 10.0. The number of benzene rings is 1. The van der Waals surface area contributed by atoms with E-state index in [2.05, 4.69) is 16.0 Å². The monoisotopic (exact) mass is 537 g/mol. The second kappa shape index (κ2) is 16.7. The van der Waals surface area contributed by atoms with Crippen LogP contribution in [-0.2, 0) is 35.2 Å². The molecule has 1 aromatic carbocycles. The first-order chi connectivity index (χ1) is 17.9. The molecule has 0 bridgehead atoms. The van der Waals surface area contributed by atoms with E-state index in [-0.39, 0.29) is 19.3 Å². The Morgan fingerprint density at radius 2 is 1.32 bits per heavy atom. The normalized spacial score (nSPS) is 13.8. The molecule has 0 aliphatic heterocycles. The van der Waals surface area contributed by atoms with Crippen molar-refractivity contribution in [2.24, 2.45) is 11.5 Å². The summed E-state index contributed by atoms with van der Waals surface area (Å²) in [5.74, 6) is -6.58. The third-order valence-corrected chi connectivity index (χ3v) is 5.49. The fourth-order valence-electron chi connectivity index (χ4n) is 3.45. The van der Waals surface area contributed by atoms with Gasteiger partial charge in [0.1, 0.15) is 18.1 Å². The topological polar surface area (TPSA) is 251 Å². The molecule has 4 unspecified atom stereocenters. The van der Waals surface area contributed by atoms with Crippen LogP contribution in [0.2, 0.25) is 0 Å². The lowest BCUT2D eigenvalue weighted by molar-refractivity contribution is -0.142. The van der Waals surface area contributed by atoms with Gasteiger partial charge in [-0.2, -0.15) is 0 Å². The summed E-state index contributed by atoms with van der Waals surface area (Å²) in [6.45, 7) is 0.354. The zero-order valence-electron chi connectivity index (χ0n) is 20.8. The third-order valence-electron chi connectivity index (χ3n) is 5.49. The second-order valence-electron chi connectivity index (χ2n) is 8.63. The number of carboxylic acids is 3. The average molecular weight is 538 g/mol. The van der Waals surface area contributed by atoms with Gasteiger partial charge in [0.05, 0.1) is 12.5 Å². The van der Waals surface area contributed by atoms with Crippen molar-refractivity contribution in [1.29, 1.82) is 0 Å². The summed E-state index contributed by atoms with van der Waals surface area (Å²) in [5.41, 5.74) is 11.6. The quantitative estimate of drug-likeness (QED) is 0.101. The minimum Gasteiger partial charge on any atom is -0.481 e. The Kier molecular flexibility index (Phi) is 14.0. The van der Waals surface area contributed by atoms with E-state index in [1.807, 2.05) is 0 Å². The standard InChI is InChI=1S/C24H35N5O9/c25-11-5-4-8-17(24(37)38)28-23(36)18(12-14-6-2-1-3-7-14)29-22(35)16(9-10-19(30)31)27-21(34)15(26)13-20(32)33/h1-3,6-7,15-18H,4-5,8-13,25-26H2,(H,27,34)(H,28,36)(H,29,35)(H,30,31)(H,32,33)(H,37,38). The van der Waals surface area contributed by atoms with Crippen molar-refractivity contribution in [3.05, 3.63) is 35.9 Å². The van der Waals surface area contributed by atoms with Crippen LogP contribution in [0.3, 0.4) is 0 Å². The smallest absolute Gasteiger partial charge is 0.326 e. The maximum absolute atomic E-state index is 13.1. The Bertz CT molecular complexity index is 973. The van der Waals surface area contributed by atoms with Crippen LogP contribution in [0.5, 0.6) is 0 Å². The van der Waals surface area contributed by atoms with Crippen molar-refractivity contribution in [1.82, 2.24) is 16.0 Å². The van der Waals surface area contributed by atoms with Gasteiger partial charge in [-0.05, 0) is 37.8 Å². The van der Waals surface area contributed by atoms with Crippen molar-refractivity contribution in [2.75, 3.05) is 6.54 Å². The minimum atomic E-state index is -1.50. The van der Waals surface area contributed by atoms with Gasteiger partial charge in [-0.1, -0.05) is 30.3 Å². The maximum atomic E-state index is 13.1. The minimum absolute atomic E-state index is 0.0360. The van der Waals surface area contributed by atoms with Crippen LogP contribution in [0.4, 0.5) is 0 Å². The molecular formula is C24H35N5O9. The Labute approximate surface area is 219 Å². The van der Waals surface area contributed by atoms with Gasteiger partial charge >= 0.3 is 17.9 Å². The van der Waals surface area contributed by atoms with Gasteiger partial charge in [0, 0.05) is 12.8 Å². The van der Waals surface area contributed by atoms with E-state index in [1.54, 1.807) is 30.3 Å². The largest absolute Gasteiger partial charge is 0.481 e. The highest BCUT2D eigenvalue weighted by Crippen LogP contribution is 2.08. The van der Waals surface area contributed by atoms with Gasteiger partial charge in [-0.25, -0.2) is 4.79 Å². The van der Waals surface area contributed by atoms with Crippen LogP contribution >= 0.6 is 0 Å².